The molecule has 136 valence electrons. The van der Waals surface area contributed by atoms with Crippen molar-refractivity contribution in [2.75, 3.05) is 13.2 Å². The van der Waals surface area contributed by atoms with E-state index in [4.69, 9.17) is 14.2 Å². The number of hydrogen-bond acceptors (Lipinski definition) is 4. The number of esters is 1. The van der Waals surface area contributed by atoms with Crippen LogP contribution in [0.3, 0.4) is 0 Å². The number of allylic oxidation sites excluding steroid dienone is 1. The zero-order chi connectivity index (χ0) is 17.9. The smallest absolute Gasteiger partial charge is 0.339 e. The molecule has 0 radical (unpaired) electrons. The Hall–Kier alpha value is -1.91. The summed E-state index contributed by atoms with van der Waals surface area (Å²) in [5, 5.41) is 0. The molecular weight excluding hydrogens is 328 g/mol. The molecule has 1 aromatic rings. The van der Waals surface area contributed by atoms with E-state index in [-0.39, 0.29) is 17.5 Å². The lowest BCUT2D eigenvalue weighted by Crippen LogP contribution is -2.40. The van der Waals surface area contributed by atoms with Crippen molar-refractivity contribution in [3.05, 3.63) is 52.6 Å². The maximum Gasteiger partial charge on any atom is 0.339 e. The van der Waals surface area contributed by atoms with Gasteiger partial charge in [-0.25, -0.2) is 4.79 Å². The van der Waals surface area contributed by atoms with Gasteiger partial charge in [-0.15, -0.1) is 0 Å². The van der Waals surface area contributed by atoms with Crippen molar-refractivity contribution < 1.29 is 19.0 Å². The molecule has 2 aliphatic carbocycles. The van der Waals surface area contributed by atoms with Crippen LogP contribution in [0.15, 0.2) is 47.1 Å². The summed E-state index contributed by atoms with van der Waals surface area (Å²) in [6, 6.07) is 10.3. The summed E-state index contributed by atoms with van der Waals surface area (Å²) in [5.74, 6) is -0.716. The lowest BCUT2D eigenvalue weighted by molar-refractivity contribution is -0.150. The summed E-state index contributed by atoms with van der Waals surface area (Å²) in [6.45, 7) is 4.97. The van der Waals surface area contributed by atoms with E-state index >= 15 is 0 Å². The van der Waals surface area contributed by atoms with Crippen molar-refractivity contribution in [2.24, 2.45) is 5.41 Å². The molecule has 0 bridgehead atoms. The van der Waals surface area contributed by atoms with Crippen molar-refractivity contribution in [1.82, 2.24) is 0 Å². The average Bonchev–Trinajstić information content (AvgIpc) is 3.32. The standard InChI is InChI=1S/C22H24O4/c1-21(2)25-13-18(26-21)22-10-6-9-17(22)16-12-24-20(23)19(16)15(11-22)14-7-4-3-5-8-14/h3-5,7-8,18H,6,9-13H2,1-2H3/t18-,22?/m1/s1. The maximum absolute atomic E-state index is 12.5. The summed E-state index contributed by atoms with van der Waals surface area (Å²) >= 11 is 0. The molecule has 26 heavy (non-hydrogen) atoms. The van der Waals surface area contributed by atoms with Gasteiger partial charge in [0.05, 0.1) is 18.3 Å². The SMILES string of the molecule is CC1(C)OC[C@H](C23CCCC2=C2COC(=O)C2=C(c2ccccc2)C3)O1. The van der Waals surface area contributed by atoms with Crippen LogP contribution in [0.5, 0.6) is 0 Å². The maximum atomic E-state index is 12.5. The first kappa shape index (κ1) is 16.3. The Balaban J connectivity index is 1.67. The topological polar surface area (TPSA) is 44.8 Å². The van der Waals surface area contributed by atoms with Gasteiger partial charge >= 0.3 is 5.97 Å². The molecule has 4 aliphatic rings. The van der Waals surface area contributed by atoms with Gasteiger partial charge in [0, 0.05) is 11.0 Å². The Morgan fingerprint density at radius 2 is 1.92 bits per heavy atom. The van der Waals surface area contributed by atoms with Crippen LogP contribution in [0.4, 0.5) is 0 Å². The van der Waals surface area contributed by atoms with Crippen LogP contribution in [-0.4, -0.2) is 31.1 Å². The van der Waals surface area contributed by atoms with Crippen LogP contribution in [0.1, 0.15) is 45.1 Å². The molecule has 5 rings (SSSR count). The van der Waals surface area contributed by atoms with Gasteiger partial charge in [0.15, 0.2) is 5.79 Å². The van der Waals surface area contributed by atoms with Crippen molar-refractivity contribution in [1.29, 1.82) is 0 Å². The molecule has 0 amide bonds. The molecule has 2 aliphatic heterocycles. The molecular formula is C22H24O4. The Morgan fingerprint density at radius 1 is 1.12 bits per heavy atom. The molecule has 2 heterocycles. The Morgan fingerprint density at radius 3 is 2.65 bits per heavy atom. The van der Waals surface area contributed by atoms with Gasteiger partial charge in [-0.2, -0.15) is 0 Å². The highest BCUT2D eigenvalue weighted by Gasteiger charge is 2.55. The third kappa shape index (κ3) is 2.25. The van der Waals surface area contributed by atoms with Gasteiger partial charge < -0.3 is 14.2 Å². The number of rotatable bonds is 2. The van der Waals surface area contributed by atoms with E-state index in [1.165, 1.54) is 5.57 Å². The Kier molecular flexibility index (Phi) is 3.47. The van der Waals surface area contributed by atoms with E-state index in [0.29, 0.717) is 13.2 Å². The van der Waals surface area contributed by atoms with Crippen LogP contribution >= 0.6 is 0 Å². The largest absolute Gasteiger partial charge is 0.457 e. The minimum Gasteiger partial charge on any atom is -0.457 e. The average molecular weight is 352 g/mol. The second-order valence-electron chi connectivity index (χ2n) is 8.26. The number of carbonyl (C=O) groups is 1. The van der Waals surface area contributed by atoms with Gasteiger partial charge in [-0.05, 0) is 50.7 Å². The Labute approximate surface area is 153 Å². The minimum absolute atomic E-state index is 0.0264. The van der Waals surface area contributed by atoms with Gasteiger partial charge in [0.2, 0.25) is 0 Å². The number of carbonyl (C=O) groups excluding carboxylic acids is 1. The van der Waals surface area contributed by atoms with Crippen molar-refractivity contribution >= 4 is 11.5 Å². The molecule has 1 unspecified atom stereocenters. The second kappa shape index (κ2) is 5.54. The first-order valence-corrected chi connectivity index (χ1v) is 9.50. The van der Waals surface area contributed by atoms with Crippen LogP contribution < -0.4 is 0 Å². The monoisotopic (exact) mass is 352 g/mol. The lowest BCUT2D eigenvalue weighted by Gasteiger charge is -2.41. The number of benzene rings is 1. The van der Waals surface area contributed by atoms with Crippen LogP contribution in [0, 0.1) is 5.41 Å². The second-order valence-corrected chi connectivity index (χ2v) is 8.26. The van der Waals surface area contributed by atoms with Crippen molar-refractivity contribution in [3.8, 4) is 0 Å². The molecule has 0 N–H and O–H groups in total. The van der Waals surface area contributed by atoms with Crippen LogP contribution in [0.2, 0.25) is 0 Å². The number of fused-ring (bicyclic) bond motifs is 2. The summed E-state index contributed by atoms with van der Waals surface area (Å²) < 4.78 is 17.8. The highest BCUT2D eigenvalue weighted by Crippen LogP contribution is 2.60. The Bertz CT molecular complexity index is 833. The fourth-order valence-corrected chi connectivity index (χ4v) is 5.29. The highest BCUT2D eigenvalue weighted by atomic mass is 16.7. The molecule has 1 saturated carbocycles. The van der Waals surface area contributed by atoms with Crippen molar-refractivity contribution in [3.63, 3.8) is 0 Å². The minimum atomic E-state index is -0.545. The van der Waals surface area contributed by atoms with E-state index in [9.17, 15) is 4.79 Å². The molecule has 0 aromatic heterocycles. The molecule has 4 heteroatoms. The fourth-order valence-electron chi connectivity index (χ4n) is 5.29. The summed E-state index contributed by atoms with van der Waals surface area (Å²) in [5.41, 5.74) is 5.45. The number of cyclic esters (lactones) is 1. The quantitative estimate of drug-likeness (QED) is 0.754. The third-order valence-electron chi connectivity index (χ3n) is 6.41. The molecule has 4 nitrogen and oxygen atoms in total. The summed E-state index contributed by atoms with van der Waals surface area (Å²) in [4.78, 5) is 12.5. The molecule has 2 saturated heterocycles. The van der Waals surface area contributed by atoms with Crippen molar-refractivity contribution in [2.45, 2.75) is 51.4 Å². The predicted molar refractivity (Wildman–Crippen MR) is 97.2 cm³/mol. The summed E-state index contributed by atoms with van der Waals surface area (Å²) in [6.07, 6.45) is 4.08. The predicted octanol–water partition coefficient (Wildman–Crippen LogP) is 4.02. The first-order valence-electron chi connectivity index (χ1n) is 9.50. The molecule has 2 atom stereocenters. The first-order chi connectivity index (χ1) is 12.5. The molecule has 3 fully saturated rings. The molecule has 1 aromatic carbocycles. The van der Waals surface area contributed by atoms with E-state index < -0.39 is 5.79 Å². The highest BCUT2D eigenvalue weighted by molar-refractivity contribution is 6.05. The zero-order valence-electron chi connectivity index (χ0n) is 15.3. The van der Waals surface area contributed by atoms with Gasteiger partial charge in [0.25, 0.3) is 0 Å². The zero-order valence-corrected chi connectivity index (χ0v) is 15.3. The third-order valence-corrected chi connectivity index (χ3v) is 6.41. The molecule has 0 spiro atoms. The van der Waals surface area contributed by atoms with E-state index in [0.717, 1.165) is 48.0 Å². The number of ether oxygens (including phenoxy) is 3. The fraction of sp³-hybridized carbons (Fsp3) is 0.500. The number of hydrogen-bond donors (Lipinski definition) is 0. The van der Waals surface area contributed by atoms with Gasteiger partial charge in [0.1, 0.15) is 6.61 Å². The summed E-state index contributed by atoms with van der Waals surface area (Å²) in [7, 11) is 0. The van der Waals surface area contributed by atoms with Crippen LogP contribution in [-0.2, 0) is 19.0 Å². The van der Waals surface area contributed by atoms with E-state index in [2.05, 4.69) is 12.1 Å². The lowest BCUT2D eigenvalue weighted by atomic mass is 9.65. The van der Waals surface area contributed by atoms with E-state index in [1.54, 1.807) is 0 Å². The van der Waals surface area contributed by atoms with Gasteiger partial charge in [-0.1, -0.05) is 35.9 Å². The van der Waals surface area contributed by atoms with Gasteiger partial charge in [-0.3, -0.25) is 0 Å². The van der Waals surface area contributed by atoms with Crippen LogP contribution in [0.25, 0.3) is 5.57 Å². The van der Waals surface area contributed by atoms with E-state index in [1.807, 2.05) is 32.0 Å². The normalized spacial score (nSPS) is 32.7.